The summed E-state index contributed by atoms with van der Waals surface area (Å²) in [5.41, 5.74) is 3.59. The lowest BCUT2D eigenvalue weighted by Crippen LogP contribution is -2.28. The Morgan fingerprint density at radius 1 is 1.13 bits per heavy atom. The van der Waals surface area contributed by atoms with E-state index in [2.05, 4.69) is 15.1 Å². The Hall–Kier alpha value is -3.55. The summed E-state index contributed by atoms with van der Waals surface area (Å²) in [5, 5.41) is 4.04. The highest BCUT2D eigenvalue weighted by atomic mass is 19.1. The van der Waals surface area contributed by atoms with Crippen LogP contribution in [0.1, 0.15) is 24.8 Å². The molecule has 3 heterocycles. The monoisotopic (exact) mass is 419 g/mol. The number of fused-ring (bicyclic) bond motifs is 1. The highest BCUT2D eigenvalue weighted by Gasteiger charge is 2.18. The van der Waals surface area contributed by atoms with Gasteiger partial charge < -0.3 is 14.0 Å². The van der Waals surface area contributed by atoms with Crippen LogP contribution < -0.4 is 0 Å². The summed E-state index contributed by atoms with van der Waals surface area (Å²) in [6.45, 7) is 4.04. The first kappa shape index (κ1) is 19.4. The average Bonchev–Trinajstić information content (AvgIpc) is 3.54. The largest absolute Gasteiger partial charge is 0.343 e. The lowest BCUT2D eigenvalue weighted by Gasteiger charge is -2.15. The molecule has 158 valence electrons. The van der Waals surface area contributed by atoms with Gasteiger partial charge in [0.15, 0.2) is 0 Å². The van der Waals surface area contributed by atoms with Crippen molar-refractivity contribution in [2.75, 3.05) is 13.1 Å². The number of likely N-dealkylation sites (tertiary alicyclic amines) is 1. The van der Waals surface area contributed by atoms with Gasteiger partial charge in [0, 0.05) is 37.2 Å². The van der Waals surface area contributed by atoms with Crippen LogP contribution >= 0.6 is 0 Å². The molecule has 0 atom stereocenters. The van der Waals surface area contributed by atoms with Gasteiger partial charge in [-0.25, -0.2) is 9.37 Å². The van der Waals surface area contributed by atoms with E-state index in [0.717, 1.165) is 42.5 Å². The normalized spacial score (nSPS) is 13.9. The Morgan fingerprint density at radius 3 is 2.74 bits per heavy atom. The smallest absolute Gasteiger partial charge is 0.258 e. The van der Waals surface area contributed by atoms with Crippen molar-refractivity contribution >= 4 is 16.9 Å². The standard InChI is InChI=1S/C23H22FN5O2/c1-15-4-5-17(12-18(15)24)23-26-22(27-31-23)16-6-7-20-19(13-16)25-14-29(20)11-8-21(30)28-9-2-3-10-28/h4-7,12-14H,2-3,8-11H2,1H3. The molecule has 7 nitrogen and oxygen atoms in total. The first-order valence-electron chi connectivity index (χ1n) is 10.4. The summed E-state index contributed by atoms with van der Waals surface area (Å²) in [6.07, 6.45) is 4.41. The molecule has 31 heavy (non-hydrogen) atoms. The highest BCUT2D eigenvalue weighted by Crippen LogP contribution is 2.26. The Bertz CT molecular complexity index is 1260. The van der Waals surface area contributed by atoms with Gasteiger partial charge in [0.05, 0.1) is 17.4 Å². The van der Waals surface area contributed by atoms with Crippen LogP contribution in [0.4, 0.5) is 4.39 Å². The van der Waals surface area contributed by atoms with Crippen LogP contribution in [-0.4, -0.2) is 43.6 Å². The van der Waals surface area contributed by atoms with Crippen LogP contribution in [0.5, 0.6) is 0 Å². The second-order valence-electron chi connectivity index (χ2n) is 7.87. The number of aryl methyl sites for hydroxylation is 2. The fourth-order valence-corrected chi connectivity index (χ4v) is 3.91. The quantitative estimate of drug-likeness (QED) is 0.484. The number of carbonyl (C=O) groups excluding carboxylic acids is 1. The van der Waals surface area contributed by atoms with Crippen molar-refractivity contribution in [2.24, 2.45) is 0 Å². The van der Waals surface area contributed by atoms with E-state index in [1.807, 2.05) is 27.7 Å². The van der Waals surface area contributed by atoms with Crippen molar-refractivity contribution in [3.05, 3.63) is 54.1 Å². The van der Waals surface area contributed by atoms with Gasteiger partial charge in [0.25, 0.3) is 5.89 Å². The number of amides is 1. The summed E-state index contributed by atoms with van der Waals surface area (Å²) in [5.74, 6) is 0.562. The molecule has 0 radical (unpaired) electrons. The summed E-state index contributed by atoms with van der Waals surface area (Å²) >= 11 is 0. The molecule has 1 amide bonds. The summed E-state index contributed by atoms with van der Waals surface area (Å²) in [6, 6.07) is 10.6. The number of carbonyl (C=O) groups is 1. The van der Waals surface area contributed by atoms with Crippen LogP contribution in [-0.2, 0) is 11.3 Å². The average molecular weight is 419 g/mol. The molecule has 0 unspecified atom stereocenters. The molecule has 5 rings (SSSR count). The van der Waals surface area contributed by atoms with Gasteiger partial charge in [-0.1, -0.05) is 11.2 Å². The van der Waals surface area contributed by atoms with Gasteiger partial charge >= 0.3 is 0 Å². The Kier molecular flexibility index (Phi) is 4.97. The minimum atomic E-state index is -0.313. The Labute approximate surface area is 178 Å². The molecule has 2 aromatic carbocycles. The van der Waals surface area contributed by atoms with E-state index in [-0.39, 0.29) is 17.6 Å². The first-order valence-corrected chi connectivity index (χ1v) is 10.4. The van der Waals surface area contributed by atoms with E-state index in [4.69, 9.17) is 4.52 Å². The molecule has 0 spiro atoms. The number of aromatic nitrogens is 4. The van der Waals surface area contributed by atoms with Crippen molar-refractivity contribution in [3.8, 4) is 22.8 Å². The molecule has 2 aromatic heterocycles. The molecule has 0 bridgehead atoms. The molecular weight excluding hydrogens is 397 g/mol. The lowest BCUT2D eigenvalue weighted by molar-refractivity contribution is -0.130. The Balaban J connectivity index is 1.34. The van der Waals surface area contributed by atoms with E-state index in [9.17, 15) is 9.18 Å². The number of hydrogen-bond acceptors (Lipinski definition) is 5. The number of rotatable bonds is 5. The summed E-state index contributed by atoms with van der Waals surface area (Å²) in [4.78, 5) is 23.1. The zero-order valence-electron chi connectivity index (χ0n) is 17.2. The van der Waals surface area contributed by atoms with E-state index in [1.165, 1.54) is 6.07 Å². The molecule has 4 aromatic rings. The molecular formula is C23H22FN5O2. The third-order valence-corrected chi connectivity index (χ3v) is 5.75. The van der Waals surface area contributed by atoms with E-state index in [1.54, 1.807) is 25.4 Å². The fraction of sp³-hybridized carbons (Fsp3) is 0.304. The van der Waals surface area contributed by atoms with Crippen LogP contribution in [0.3, 0.4) is 0 Å². The van der Waals surface area contributed by atoms with Crippen LogP contribution in [0.25, 0.3) is 33.9 Å². The predicted molar refractivity (Wildman–Crippen MR) is 114 cm³/mol. The van der Waals surface area contributed by atoms with Crippen molar-refractivity contribution in [2.45, 2.75) is 32.7 Å². The fourth-order valence-electron chi connectivity index (χ4n) is 3.91. The zero-order chi connectivity index (χ0) is 21.4. The number of nitrogens with zero attached hydrogens (tertiary/aromatic N) is 5. The molecule has 0 N–H and O–H groups in total. The summed E-state index contributed by atoms with van der Waals surface area (Å²) in [7, 11) is 0. The molecule has 0 aliphatic carbocycles. The SMILES string of the molecule is Cc1ccc(-c2nc(-c3ccc4c(c3)ncn4CCC(=O)N3CCCC3)no2)cc1F. The van der Waals surface area contributed by atoms with Gasteiger partial charge in [-0.05, 0) is 55.7 Å². The van der Waals surface area contributed by atoms with E-state index in [0.29, 0.717) is 29.9 Å². The van der Waals surface area contributed by atoms with Crippen molar-refractivity contribution in [1.82, 2.24) is 24.6 Å². The number of imidazole rings is 1. The lowest BCUT2D eigenvalue weighted by atomic mass is 10.1. The van der Waals surface area contributed by atoms with Crippen LogP contribution in [0.15, 0.2) is 47.2 Å². The number of hydrogen-bond donors (Lipinski definition) is 0. The van der Waals surface area contributed by atoms with Gasteiger partial charge in [-0.15, -0.1) is 0 Å². The number of halogens is 1. The molecule has 1 saturated heterocycles. The molecule has 0 saturated carbocycles. The zero-order valence-corrected chi connectivity index (χ0v) is 17.2. The van der Waals surface area contributed by atoms with Crippen molar-refractivity contribution in [1.29, 1.82) is 0 Å². The first-order chi connectivity index (χ1) is 15.1. The maximum atomic E-state index is 13.8. The maximum Gasteiger partial charge on any atom is 0.258 e. The Morgan fingerprint density at radius 2 is 1.94 bits per heavy atom. The van der Waals surface area contributed by atoms with E-state index < -0.39 is 0 Å². The summed E-state index contributed by atoms with van der Waals surface area (Å²) < 4.78 is 21.2. The third-order valence-electron chi connectivity index (χ3n) is 5.75. The number of benzene rings is 2. The molecule has 1 fully saturated rings. The third kappa shape index (κ3) is 3.81. The van der Waals surface area contributed by atoms with Gasteiger partial charge in [-0.3, -0.25) is 4.79 Å². The second-order valence-corrected chi connectivity index (χ2v) is 7.87. The molecule has 1 aliphatic rings. The van der Waals surface area contributed by atoms with Crippen molar-refractivity contribution < 1.29 is 13.7 Å². The second kappa shape index (κ2) is 7.94. The highest BCUT2D eigenvalue weighted by molar-refractivity contribution is 5.81. The predicted octanol–water partition coefficient (Wildman–Crippen LogP) is 4.21. The van der Waals surface area contributed by atoms with Gasteiger partial charge in [-0.2, -0.15) is 4.98 Å². The van der Waals surface area contributed by atoms with Gasteiger partial charge in [0.2, 0.25) is 11.7 Å². The van der Waals surface area contributed by atoms with Gasteiger partial charge in [0.1, 0.15) is 5.82 Å². The van der Waals surface area contributed by atoms with Crippen LogP contribution in [0.2, 0.25) is 0 Å². The van der Waals surface area contributed by atoms with Crippen molar-refractivity contribution in [3.63, 3.8) is 0 Å². The van der Waals surface area contributed by atoms with E-state index >= 15 is 0 Å². The van der Waals surface area contributed by atoms with Crippen LogP contribution in [0, 0.1) is 12.7 Å². The minimum absolute atomic E-state index is 0.197. The topological polar surface area (TPSA) is 77.1 Å². The molecule has 8 heteroatoms. The maximum absolute atomic E-state index is 13.8. The minimum Gasteiger partial charge on any atom is -0.343 e. The molecule has 1 aliphatic heterocycles.